The quantitative estimate of drug-likeness (QED) is 0.660. The van der Waals surface area contributed by atoms with Crippen LogP contribution in [0.1, 0.15) is 39.2 Å². The minimum Gasteiger partial charge on any atom is -0.462 e. The molecule has 0 bridgehead atoms. The van der Waals surface area contributed by atoms with Gasteiger partial charge in [-0.15, -0.1) is 0 Å². The number of benzene rings is 1. The Hall–Kier alpha value is -3.13. The van der Waals surface area contributed by atoms with Crippen molar-refractivity contribution in [1.82, 2.24) is 9.97 Å². The van der Waals surface area contributed by atoms with Crippen LogP contribution in [-0.4, -0.2) is 28.5 Å². The molecule has 140 valence electrons. The van der Waals surface area contributed by atoms with Crippen LogP contribution in [0.3, 0.4) is 0 Å². The number of anilines is 1. The number of aromatic nitrogens is 2. The molecule has 0 aliphatic carbocycles. The molecule has 8 nitrogen and oxygen atoms in total. The SMILES string of the molecule is CCOC(=O)c1c(C)oc2nc(COC(=O)c3ccccc3Cl)nc(N)c12. The van der Waals surface area contributed by atoms with Crippen LogP contribution in [0, 0.1) is 6.92 Å². The summed E-state index contributed by atoms with van der Waals surface area (Å²) in [6.45, 7) is 3.27. The van der Waals surface area contributed by atoms with Crippen LogP contribution in [0.4, 0.5) is 5.82 Å². The van der Waals surface area contributed by atoms with Crippen molar-refractivity contribution in [3.05, 3.63) is 52.0 Å². The molecule has 9 heteroatoms. The molecule has 1 aromatic carbocycles. The number of rotatable bonds is 5. The Morgan fingerprint density at radius 1 is 1.19 bits per heavy atom. The van der Waals surface area contributed by atoms with Crippen LogP contribution in [-0.2, 0) is 16.1 Å². The Labute approximate surface area is 159 Å². The first-order valence-electron chi connectivity index (χ1n) is 8.06. The van der Waals surface area contributed by atoms with Crippen LogP contribution in [0.2, 0.25) is 5.02 Å². The van der Waals surface area contributed by atoms with E-state index in [1.165, 1.54) is 0 Å². The molecular formula is C18H16ClN3O5. The van der Waals surface area contributed by atoms with E-state index in [2.05, 4.69) is 9.97 Å². The summed E-state index contributed by atoms with van der Waals surface area (Å²) < 4.78 is 15.7. The first-order valence-corrected chi connectivity index (χ1v) is 8.44. The van der Waals surface area contributed by atoms with Gasteiger partial charge in [0.2, 0.25) is 5.71 Å². The Balaban J connectivity index is 1.86. The fraction of sp³-hybridized carbons (Fsp3) is 0.222. The lowest BCUT2D eigenvalue weighted by Gasteiger charge is -2.06. The van der Waals surface area contributed by atoms with Crippen molar-refractivity contribution < 1.29 is 23.5 Å². The number of fused-ring (bicyclic) bond motifs is 1. The molecule has 27 heavy (non-hydrogen) atoms. The van der Waals surface area contributed by atoms with E-state index in [1.807, 2.05) is 0 Å². The Morgan fingerprint density at radius 3 is 2.63 bits per heavy atom. The van der Waals surface area contributed by atoms with Gasteiger partial charge in [-0.25, -0.2) is 14.6 Å². The van der Waals surface area contributed by atoms with Crippen molar-refractivity contribution in [3.8, 4) is 0 Å². The normalized spacial score (nSPS) is 10.8. The van der Waals surface area contributed by atoms with Crippen LogP contribution in [0.25, 0.3) is 11.1 Å². The molecule has 0 saturated carbocycles. The van der Waals surface area contributed by atoms with E-state index in [-0.39, 0.29) is 52.1 Å². The third-order valence-electron chi connectivity index (χ3n) is 3.71. The molecule has 0 saturated heterocycles. The maximum absolute atomic E-state index is 12.1. The first kappa shape index (κ1) is 18.7. The van der Waals surface area contributed by atoms with Crippen molar-refractivity contribution in [2.45, 2.75) is 20.5 Å². The summed E-state index contributed by atoms with van der Waals surface area (Å²) in [5.41, 5.74) is 6.50. The van der Waals surface area contributed by atoms with E-state index < -0.39 is 11.9 Å². The molecule has 0 spiro atoms. The molecule has 3 aromatic rings. The predicted molar refractivity (Wildman–Crippen MR) is 97.5 cm³/mol. The van der Waals surface area contributed by atoms with Gasteiger partial charge in [0.05, 0.1) is 22.6 Å². The number of furan rings is 1. The number of aryl methyl sites for hydroxylation is 1. The van der Waals surface area contributed by atoms with Gasteiger partial charge in [0.25, 0.3) is 0 Å². The second-order valence-electron chi connectivity index (χ2n) is 5.51. The van der Waals surface area contributed by atoms with Gasteiger partial charge < -0.3 is 19.6 Å². The zero-order chi connectivity index (χ0) is 19.6. The number of nitrogens with two attached hydrogens (primary N) is 1. The molecule has 2 heterocycles. The van der Waals surface area contributed by atoms with Crippen molar-refractivity contribution in [3.63, 3.8) is 0 Å². The van der Waals surface area contributed by atoms with Gasteiger partial charge >= 0.3 is 11.9 Å². The van der Waals surface area contributed by atoms with E-state index >= 15 is 0 Å². The average Bonchev–Trinajstić information content (AvgIpc) is 2.96. The second-order valence-corrected chi connectivity index (χ2v) is 5.92. The Morgan fingerprint density at radius 2 is 1.93 bits per heavy atom. The molecule has 2 aromatic heterocycles. The van der Waals surface area contributed by atoms with Gasteiger partial charge in [-0.3, -0.25) is 0 Å². The van der Waals surface area contributed by atoms with E-state index in [9.17, 15) is 9.59 Å². The molecule has 0 amide bonds. The number of carbonyl (C=O) groups is 2. The van der Waals surface area contributed by atoms with Crippen molar-refractivity contribution in [2.24, 2.45) is 0 Å². The number of hydrogen-bond acceptors (Lipinski definition) is 8. The van der Waals surface area contributed by atoms with Gasteiger partial charge in [0.1, 0.15) is 17.1 Å². The fourth-order valence-corrected chi connectivity index (χ4v) is 2.74. The van der Waals surface area contributed by atoms with Crippen molar-refractivity contribution in [1.29, 1.82) is 0 Å². The average molecular weight is 390 g/mol. The second kappa shape index (κ2) is 7.63. The number of ether oxygens (including phenoxy) is 2. The third-order valence-corrected chi connectivity index (χ3v) is 4.04. The van der Waals surface area contributed by atoms with Crippen LogP contribution < -0.4 is 5.73 Å². The van der Waals surface area contributed by atoms with Gasteiger partial charge in [-0.05, 0) is 26.0 Å². The summed E-state index contributed by atoms with van der Waals surface area (Å²) >= 11 is 5.97. The smallest absolute Gasteiger partial charge is 0.342 e. The van der Waals surface area contributed by atoms with Gasteiger partial charge in [0.15, 0.2) is 12.4 Å². The maximum atomic E-state index is 12.1. The third kappa shape index (κ3) is 3.70. The lowest BCUT2D eigenvalue weighted by molar-refractivity contribution is 0.0461. The summed E-state index contributed by atoms with van der Waals surface area (Å²) in [4.78, 5) is 32.5. The van der Waals surface area contributed by atoms with Crippen molar-refractivity contribution in [2.75, 3.05) is 12.3 Å². The zero-order valence-corrected chi connectivity index (χ0v) is 15.4. The highest BCUT2D eigenvalue weighted by atomic mass is 35.5. The van der Waals surface area contributed by atoms with E-state index in [0.29, 0.717) is 5.76 Å². The molecule has 0 unspecified atom stereocenters. The summed E-state index contributed by atoms with van der Waals surface area (Å²) in [6.07, 6.45) is 0. The molecular weight excluding hydrogens is 374 g/mol. The summed E-state index contributed by atoms with van der Waals surface area (Å²) in [5, 5.41) is 0.547. The highest BCUT2D eigenvalue weighted by Crippen LogP contribution is 2.29. The Bertz CT molecular complexity index is 1030. The van der Waals surface area contributed by atoms with Crippen LogP contribution in [0.5, 0.6) is 0 Å². The monoisotopic (exact) mass is 389 g/mol. The number of nitrogen functional groups attached to an aromatic ring is 1. The number of esters is 2. The summed E-state index contributed by atoms with van der Waals surface area (Å²) in [5.74, 6) is -0.712. The van der Waals surface area contributed by atoms with Gasteiger partial charge in [0, 0.05) is 0 Å². The highest BCUT2D eigenvalue weighted by Gasteiger charge is 2.24. The molecule has 0 radical (unpaired) electrons. The van der Waals surface area contributed by atoms with E-state index in [4.69, 9.17) is 31.2 Å². The fourth-order valence-electron chi connectivity index (χ4n) is 2.53. The standard InChI is InChI=1S/C18H16ClN3O5/c1-3-25-18(24)13-9(2)27-16-14(13)15(20)21-12(22-16)8-26-17(23)10-6-4-5-7-11(10)19/h4-7H,3,8H2,1-2H3,(H2,20,21,22). The molecule has 0 aliphatic heterocycles. The lowest BCUT2D eigenvalue weighted by atomic mass is 10.2. The number of nitrogens with zero attached hydrogens (tertiary/aromatic N) is 2. The molecule has 0 aliphatic rings. The zero-order valence-electron chi connectivity index (χ0n) is 14.6. The Kier molecular flexibility index (Phi) is 5.27. The van der Waals surface area contributed by atoms with Gasteiger partial charge in [-0.1, -0.05) is 23.7 Å². The predicted octanol–water partition coefficient (Wildman–Crippen LogP) is 3.30. The largest absolute Gasteiger partial charge is 0.462 e. The molecule has 0 fully saturated rings. The topological polar surface area (TPSA) is 118 Å². The summed E-state index contributed by atoms with van der Waals surface area (Å²) in [6, 6.07) is 6.51. The molecule has 0 atom stereocenters. The van der Waals surface area contributed by atoms with Crippen molar-refractivity contribution >= 4 is 40.5 Å². The summed E-state index contributed by atoms with van der Waals surface area (Å²) in [7, 11) is 0. The van der Waals surface area contributed by atoms with Crippen LogP contribution in [0.15, 0.2) is 28.7 Å². The molecule has 2 N–H and O–H groups in total. The highest BCUT2D eigenvalue weighted by molar-refractivity contribution is 6.33. The maximum Gasteiger partial charge on any atom is 0.342 e. The minimum absolute atomic E-state index is 0.0312. The lowest BCUT2D eigenvalue weighted by Crippen LogP contribution is -2.10. The van der Waals surface area contributed by atoms with Gasteiger partial charge in [-0.2, -0.15) is 4.98 Å². The number of carbonyl (C=O) groups excluding carboxylic acids is 2. The number of hydrogen-bond donors (Lipinski definition) is 1. The number of halogens is 1. The minimum atomic E-state index is -0.620. The van der Waals surface area contributed by atoms with E-state index in [0.717, 1.165) is 0 Å². The van der Waals surface area contributed by atoms with E-state index in [1.54, 1.807) is 38.1 Å². The van der Waals surface area contributed by atoms with Crippen LogP contribution >= 0.6 is 11.6 Å². The first-order chi connectivity index (χ1) is 12.9. The molecule has 3 rings (SSSR count).